The molecule has 10 atom stereocenters. The predicted octanol–water partition coefficient (Wildman–Crippen LogP) is 7.03. The molecule has 4 aliphatic rings. The van der Waals surface area contributed by atoms with Crippen LogP contribution in [-0.2, 0) is 0 Å². The summed E-state index contributed by atoms with van der Waals surface area (Å²) < 4.78 is 2.33. The molecule has 4 fully saturated rings. The van der Waals surface area contributed by atoms with E-state index >= 15 is 0 Å². The summed E-state index contributed by atoms with van der Waals surface area (Å²) in [6.45, 7) is 14.5. The molecule has 202 valence electrons. The van der Waals surface area contributed by atoms with Gasteiger partial charge in [0, 0.05) is 29.9 Å². The van der Waals surface area contributed by atoms with Crippen molar-refractivity contribution in [1.29, 1.82) is 0 Å². The van der Waals surface area contributed by atoms with Crippen molar-refractivity contribution in [2.75, 3.05) is 0 Å². The van der Waals surface area contributed by atoms with Gasteiger partial charge in [0.25, 0.3) is 0 Å². The lowest BCUT2D eigenvalue weighted by molar-refractivity contribution is -0.748. The average molecular weight is 497 g/mol. The number of rotatable bonds is 6. The van der Waals surface area contributed by atoms with Gasteiger partial charge in [-0.05, 0) is 92.4 Å². The fourth-order valence-corrected chi connectivity index (χ4v) is 10.5. The fraction of sp³-hybridized carbons (Fsp3) is 0.848. The molecule has 3 nitrogen and oxygen atoms in total. The first-order valence-electron chi connectivity index (χ1n) is 15.4. The van der Waals surface area contributed by atoms with E-state index in [-0.39, 0.29) is 17.6 Å². The highest BCUT2D eigenvalue weighted by Crippen LogP contribution is 2.70. The van der Waals surface area contributed by atoms with Crippen molar-refractivity contribution >= 4 is 0 Å². The number of aryl methyl sites for hydroxylation is 1. The van der Waals surface area contributed by atoms with Crippen LogP contribution in [0.2, 0.25) is 0 Å². The Morgan fingerprint density at radius 2 is 1.81 bits per heavy atom. The van der Waals surface area contributed by atoms with Crippen molar-refractivity contribution in [2.24, 2.45) is 46.3 Å². The summed E-state index contributed by atoms with van der Waals surface area (Å²) in [4.78, 5) is 0. The molecular weight excluding hydrogens is 442 g/mol. The van der Waals surface area contributed by atoms with Gasteiger partial charge < -0.3 is 10.2 Å². The lowest BCUT2D eigenvalue weighted by atomic mass is 9.42. The van der Waals surface area contributed by atoms with Crippen molar-refractivity contribution < 1.29 is 14.8 Å². The Morgan fingerprint density at radius 1 is 1.03 bits per heavy atom. The van der Waals surface area contributed by atoms with Crippen LogP contribution in [0.15, 0.2) is 24.5 Å². The van der Waals surface area contributed by atoms with Gasteiger partial charge in [-0.3, -0.25) is 0 Å². The summed E-state index contributed by atoms with van der Waals surface area (Å²) in [7, 11) is 0. The molecule has 3 heteroatoms. The number of hydrogen-bond donors (Lipinski definition) is 2. The monoisotopic (exact) mass is 496 g/mol. The molecule has 0 bridgehead atoms. The largest absolute Gasteiger partial charge is 0.393 e. The molecule has 0 amide bonds. The standard InChI is InChI=1S/C33H54NO2/c1-22(2)9-7-11-24(4)27-12-13-28-26-19-30(34-18-8-10-23(3)21-34)33(36)20-25(35)14-17-32(33,6)29(26)15-16-31(27,28)5/h8,10,18,21-22,24-30,35-36H,7,9,11-17,19-20H2,1-6H3/q+1. The van der Waals surface area contributed by atoms with Gasteiger partial charge in [-0.15, -0.1) is 0 Å². The molecule has 4 aliphatic carbocycles. The van der Waals surface area contributed by atoms with Gasteiger partial charge in [0.1, 0.15) is 5.60 Å². The maximum absolute atomic E-state index is 12.6. The van der Waals surface area contributed by atoms with Crippen LogP contribution in [0.4, 0.5) is 0 Å². The summed E-state index contributed by atoms with van der Waals surface area (Å²) in [6, 6.07) is 4.33. The zero-order chi connectivity index (χ0) is 25.9. The van der Waals surface area contributed by atoms with Crippen LogP contribution in [0.3, 0.4) is 0 Å². The SMILES string of the molecule is Cc1ccc[n+](C2CC3C4CCC(C(C)CCCC(C)C)C4(C)CCC3C3(C)CCC(O)CC23O)c1. The van der Waals surface area contributed by atoms with Gasteiger partial charge in [0.15, 0.2) is 18.4 Å². The van der Waals surface area contributed by atoms with Crippen LogP contribution < -0.4 is 4.57 Å². The van der Waals surface area contributed by atoms with E-state index in [1.54, 1.807) is 0 Å². The van der Waals surface area contributed by atoms with Gasteiger partial charge >= 0.3 is 0 Å². The summed E-state index contributed by atoms with van der Waals surface area (Å²) in [5, 5.41) is 23.3. The first-order valence-corrected chi connectivity index (χ1v) is 15.4. The molecule has 1 aromatic rings. The molecule has 2 N–H and O–H groups in total. The number of aliphatic hydroxyl groups is 2. The van der Waals surface area contributed by atoms with Crippen LogP contribution in [0.1, 0.15) is 117 Å². The quantitative estimate of drug-likeness (QED) is 0.415. The topological polar surface area (TPSA) is 44.3 Å². The Morgan fingerprint density at radius 3 is 2.53 bits per heavy atom. The first-order chi connectivity index (χ1) is 17.0. The summed E-state index contributed by atoms with van der Waals surface area (Å²) in [5.41, 5.74) is 0.713. The minimum Gasteiger partial charge on any atom is -0.393 e. The second kappa shape index (κ2) is 9.67. The molecule has 10 unspecified atom stereocenters. The normalized spacial score (nSPS) is 45.1. The van der Waals surface area contributed by atoms with Crippen LogP contribution in [0, 0.1) is 53.3 Å². The van der Waals surface area contributed by atoms with Crippen LogP contribution >= 0.6 is 0 Å². The van der Waals surface area contributed by atoms with Crippen LogP contribution in [0.25, 0.3) is 0 Å². The van der Waals surface area contributed by atoms with Crippen molar-refractivity contribution in [3.63, 3.8) is 0 Å². The Bertz CT molecular complexity index is 930. The number of hydrogen-bond acceptors (Lipinski definition) is 2. The van der Waals surface area contributed by atoms with E-state index < -0.39 is 5.60 Å². The van der Waals surface area contributed by atoms with Gasteiger partial charge in [-0.2, -0.15) is 4.57 Å². The number of fused-ring (bicyclic) bond motifs is 5. The zero-order valence-corrected chi connectivity index (χ0v) is 24.0. The van der Waals surface area contributed by atoms with Crippen molar-refractivity contribution in [2.45, 2.75) is 130 Å². The van der Waals surface area contributed by atoms with Gasteiger partial charge in [-0.1, -0.05) is 53.9 Å². The molecule has 0 radical (unpaired) electrons. The molecule has 5 rings (SSSR count). The fourth-order valence-electron chi connectivity index (χ4n) is 10.5. The maximum Gasteiger partial charge on any atom is 0.187 e. The molecule has 0 aromatic carbocycles. The number of aliphatic hydroxyl groups excluding tert-OH is 1. The Labute approximate surface area is 221 Å². The van der Waals surface area contributed by atoms with Crippen molar-refractivity contribution in [3.05, 3.63) is 30.1 Å². The van der Waals surface area contributed by atoms with E-state index in [4.69, 9.17) is 0 Å². The minimum atomic E-state index is -0.847. The lowest BCUT2D eigenvalue weighted by Crippen LogP contribution is -2.71. The smallest absolute Gasteiger partial charge is 0.187 e. The third kappa shape index (κ3) is 4.19. The average Bonchev–Trinajstić information content (AvgIpc) is 3.16. The summed E-state index contributed by atoms with van der Waals surface area (Å²) in [5.74, 6) is 4.50. The van der Waals surface area contributed by atoms with Crippen LogP contribution in [0.5, 0.6) is 0 Å². The molecule has 0 saturated heterocycles. The lowest BCUT2D eigenvalue weighted by Gasteiger charge is -2.64. The third-order valence-electron chi connectivity index (χ3n) is 12.4. The minimum absolute atomic E-state index is 0.0449. The van der Waals surface area contributed by atoms with E-state index in [9.17, 15) is 10.2 Å². The van der Waals surface area contributed by atoms with E-state index in [1.165, 1.54) is 50.5 Å². The van der Waals surface area contributed by atoms with E-state index in [1.807, 2.05) is 0 Å². The molecule has 0 aliphatic heterocycles. The Kier molecular flexibility index (Phi) is 7.16. The number of aromatic nitrogens is 1. The second-order valence-electron chi connectivity index (χ2n) is 14.7. The highest BCUT2D eigenvalue weighted by Gasteiger charge is 2.70. The molecule has 1 heterocycles. The molecule has 0 spiro atoms. The van der Waals surface area contributed by atoms with E-state index in [2.05, 4.69) is 70.6 Å². The highest BCUT2D eigenvalue weighted by molar-refractivity contribution is 5.16. The van der Waals surface area contributed by atoms with Gasteiger partial charge in [-0.25, -0.2) is 0 Å². The zero-order valence-electron chi connectivity index (χ0n) is 24.0. The molecule has 1 aromatic heterocycles. The third-order valence-corrected chi connectivity index (χ3v) is 12.4. The summed E-state index contributed by atoms with van der Waals surface area (Å²) in [6.07, 6.45) is 16.9. The highest BCUT2D eigenvalue weighted by atomic mass is 16.3. The predicted molar refractivity (Wildman–Crippen MR) is 146 cm³/mol. The Hall–Kier alpha value is -0.930. The van der Waals surface area contributed by atoms with Gasteiger partial charge in [0.2, 0.25) is 0 Å². The van der Waals surface area contributed by atoms with Crippen LogP contribution in [-0.4, -0.2) is 21.9 Å². The summed E-state index contributed by atoms with van der Waals surface area (Å²) >= 11 is 0. The molecule has 36 heavy (non-hydrogen) atoms. The van der Waals surface area contributed by atoms with Crippen molar-refractivity contribution in [3.8, 4) is 0 Å². The maximum atomic E-state index is 12.6. The van der Waals surface area contributed by atoms with Crippen molar-refractivity contribution in [1.82, 2.24) is 0 Å². The second-order valence-corrected chi connectivity index (χ2v) is 14.7. The number of nitrogens with zero attached hydrogens (tertiary/aromatic N) is 1. The van der Waals surface area contributed by atoms with E-state index in [0.29, 0.717) is 23.7 Å². The van der Waals surface area contributed by atoms with E-state index in [0.717, 1.165) is 42.9 Å². The van der Waals surface area contributed by atoms with Gasteiger partial charge in [0.05, 0.1) is 6.10 Å². The molecular formula is C33H54NO2+. The first kappa shape index (κ1) is 26.7. The Balaban J connectivity index is 1.46. The number of pyridine rings is 1. The molecule has 4 saturated carbocycles.